The number of aryl methyl sites for hydroxylation is 1. The Bertz CT molecular complexity index is 669. The monoisotopic (exact) mass is 325 g/mol. The van der Waals surface area contributed by atoms with E-state index in [1.54, 1.807) is 0 Å². The van der Waals surface area contributed by atoms with E-state index >= 15 is 0 Å². The van der Waals surface area contributed by atoms with Gasteiger partial charge in [0.05, 0.1) is 18.3 Å². The molecule has 0 unspecified atom stereocenters. The van der Waals surface area contributed by atoms with Crippen LogP contribution in [0.2, 0.25) is 0 Å². The molecular formula is C20H27N3O. The smallest absolute Gasteiger partial charge is 0.0798 e. The number of fused-ring (bicyclic) bond motifs is 1. The molecule has 0 amide bonds. The summed E-state index contributed by atoms with van der Waals surface area (Å²) in [5, 5.41) is 4.56. The summed E-state index contributed by atoms with van der Waals surface area (Å²) in [6, 6.07) is 11.2. The maximum absolute atomic E-state index is 5.85. The van der Waals surface area contributed by atoms with Gasteiger partial charge in [0.2, 0.25) is 0 Å². The summed E-state index contributed by atoms with van der Waals surface area (Å²) in [4.78, 5) is 2.62. The van der Waals surface area contributed by atoms with Crippen LogP contribution in [0.25, 0.3) is 0 Å². The molecule has 1 aromatic carbocycles. The minimum absolute atomic E-state index is 0.280. The zero-order valence-electron chi connectivity index (χ0n) is 14.6. The van der Waals surface area contributed by atoms with Crippen LogP contribution in [0.5, 0.6) is 0 Å². The molecule has 1 aliphatic heterocycles. The van der Waals surface area contributed by atoms with Crippen molar-refractivity contribution in [1.82, 2.24) is 14.7 Å². The molecule has 0 radical (unpaired) electrons. The SMILES string of the molecule is CO[C@H]1C[C@@H]2CN(Cc3ccccc3)C[C@@H]2C[C@@H]1n1cc(C)cn1. The van der Waals surface area contributed by atoms with Gasteiger partial charge >= 0.3 is 0 Å². The highest BCUT2D eigenvalue weighted by molar-refractivity contribution is 5.15. The van der Waals surface area contributed by atoms with E-state index in [0.717, 1.165) is 24.8 Å². The van der Waals surface area contributed by atoms with E-state index in [0.29, 0.717) is 6.04 Å². The summed E-state index contributed by atoms with van der Waals surface area (Å²) in [7, 11) is 1.85. The molecule has 24 heavy (non-hydrogen) atoms. The van der Waals surface area contributed by atoms with Gasteiger partial charge in [0.15, 0.2) is 0 Å². The van der Waals surface area contributed by atoms with Crippen LogP contribution in [0.4, 0.5) is 0 Å². The average molecular weight is 325 g/mol. The molecule has 0 bridgehead atoms. The fourth-order valence-corrected chi connectivity index (χ4v) is 4.60. The van der Waals surface area contributed by atoms with Crippen LogP contribution in [0.1, 0.15) is 30.0 Å². The Hall–Kier alpha value is -1.65. The van der Waals surface area contributed by atoms with Crippen molar-refractivity contribution in [1.29, 1.82) is 0 Å². The number of nitrogens with zero attached hydrogens (tertiary/aromatic N) is 3. The Balaban J connectivity index is 1.46. The van der Waals surface area contributed by atoms with E-state index in [1.807, 2.05) is 13.3 Å². The van der Waals surface area contributed by atoms with E-state index in [-0.39, 0.29) is 6.10 Å². The highest BCUT2D eigenvalue weighted by Gasteiger charge is 2.43. The number of aromatic nitrogens is 2. The summed E-state index contributed by atoms with van der Waals surface area (Å²) in [5.41, 5.74) is 2.64. The topological polar surface area (TPSA) is 30.3 Å². The first-order valence-corrected chi connectivity index (χ1v) is 9.02. The van der Waals surface area contributed by atoms with E-state index in [2.05, 4.69) is 58.1 Å². The van der Waals surface area contributed by atoms with Crippen molar-refractivity contribution in [2.75, 3.05) is 20.2 Å². The molecule has 128 valence electrons. The molecule has 2 aliphatic rings. The number of benzene rings is 1. The molecule has 1 aromatic heterocycles. The number of hydrogen-bond donors (Lipinski definition) is 0. The molecule has 4 nitrogen and oxygen atoms in total. The maximum atomic E-state index is 5.85. The highest BCUT2D eigenvalue weighted by atomic mass is 16.5. The summed E-state index contributed by atoms with van der Waals surface area (Å²) >= 11 is 0. The van der Waals surface area contributed by atoms with Gasteiger partial charge in [-0.15, -0.1) is 0 Å². The Morgan fingerprint density at radius 3 is 2.54 bits per heavy atom. The van der Waals surface area contributed by atoms with Crippen LogP contribution < -0.4 is 0 Å². The Labute approximate surface area is 144 Å². The molecular weight excluding hydrogens is 298 g/mol. The van der Waals surface area contributed by atoms with Crippen LogP contribution in [-0.2, 0) is 11.3 Å². The minimum Gasteiger partial charge on any atom is -0.379 e. The quantitative estimate of drug-likeness (QED) is 0.864. The fourth-order valence-electron chi connectivity index (χ4n) is 4.60. The predicted octanol–water partition coefficient (Wildman–Crippen LogP) is 3.29. The number of rotatable bonds is 4. The second kappa shape index (κ2) is 6.69. The largest absolute Gasteiger partial charge is 0.379 e. The van der Waals surface area contributed by atoms with Crippen LogP contribution in [0, 0.1) is 18.8 Å². The van der Waals surface area contributed by atoms with Gasteiger partial charge in [-0.05, 0) is 42.7 Å². The summed E-state index contributed by atoms with van der Waals surface area (Å²) in [6.45, 7) is 5.57. The lowest BCUT2D eigenvalue weighted by atomic mass is 9.77. The molecule has 1 saturated heterocycles. The first-order chi connectivity index (χ1) is 11.7. The van der Waals surface area contributed by atoms with Gasteiger partial charge in [-0.25, -0.2) is 0 Å². The van der Waals surface area contributed by atoms with Crippen molar-refractivity contribution in [2.24, 2.45) is 11.8 Å². The Morgan fingerprint density at radius 2 is 1.88 bits per heavy atom. The van der Waals surface area contributed by atoms with Gasteiger partial charge in [0.1, 0.15) is 0 Å². The second-order valence-electron chi connectivity index (χ2n) is 7.51. The third-order valence-corrected chi connectivity index (χ3v) is 5.78. The summed E-state index contributed by atoms with van der Waals surface area (Å²) < 4.78 is 7.99. The van der Waals surface area contributed by atoms with Gasteiger partial charge in [0, 0.05) is 32.9 Å². The zero-order valence-corrected chi connectivity index (χ0v) is 14.6. The van der Waals surface area contributed by atoms with E-state index in [1.165, 1.54) is 30.6 Å². The van der Waals surface area contributed by atoms with Crippen LogP contribution in [0.3, 0.4) is 0 Å². The zero-order chi connectivity index (χ0) is 16.5. The Morgan fingerprint density at radius 1 is 1.12 bits per heavy atom. The fraction of sp³-hybridized carbons (Fsp3) is 0.550. The summed E-state index contributed by atoms with van der Waals surface area (Å²) in [6.07, 6.45) is 6.72. The van der Waals surface area contributed by atoms with Crippen LogP contribution >= 0.6 is 0 Å². The molecule has 1 aliphatic carbocycles. The predicted molar refractivity (Wildman–Crippen MR) is 94.7 cm³/mol. The molecule has 2 aromatic rings. The molecule has 0 spiro atoms. The molecule has 1 saturated carbocycles. The van der Waals surface area contributed by atoms with Gasteiger partial charge in [-0.1, -0.05) is 30.3 Å². The van der Waals surface area contributed by atoms with Crippen LogP contribution in [0.15, 0.2) is 42.7 Å². The average Bonchev–Trinajstić information content (AvgIpc) is 3.19. The third kappa shape index (κ3) is 3.13. The molecule has 4 rings (SSSR count). The standard InChI is InChI=1S/C20H27N3O/c1-15-10-21-23(11-15)19-8-17-13-22(12-16-6-4-3-5-7-16)14-18(17)9-20(19)24-2/h3-7,10-11,17-20H,8-9,12-14H2,1-2H3/t17-,18+,19-,20-/m0/s1. The normalized spacial score (nSPS) is 30.4. The van der Waals surface area contributed by atoms with Gasteiger partial charge in [-0.2, -0.15) is 5.10 Å². The summed E-state index contributed by atoms with van der Waals surface area (Å²) in [5.74, 6) is 1.51. The van der Waals surface area contributed by atoms with E-state index < -0.39 is 0 Å². The van der Waals surface area contributed by atoms with Crippen molar-refractivity contribution < 1.29 is 4.74 Å². The Kier molecular flexibility index (Phi) is 4.42. The lowest BCUT2D eigenvalue weighted by molar-refractivity contribution is -0.00488. The van der Waals surface area contributed by atoms with Crippen molar-refractivity contribution in [2.45, 2.75) is 38.5 Å². The number of methoxy groups -OCH3 is 1. The molecule has 2 fully saturated rings. The number of likely N-dealkylation sites (tertiary alicyclic amines) is 1. The highest BCUT2D eigenvalue weighted by Crippen LogP contribution is 2.42. The van der Waals surface area contributed by atoms with Crippen molar-refractivity contribution in [3.8, 4) is 0 Å². The molecule has 0 N–H and O–H groups in total. The second-order valence-corrected chi connectivity index (χ2v) is 7.51. The molecule has 2 heterocycles. The van der Waals surface area contributed by atoms with Gasteiger partial charge < -0.3 is 4.74 Å². The van der Waals surface area contributed by atoms with E-state index in [4.69, 9.17) is 4.74 Å². The third-order valence-electron chi connectivity index (χ3n) is 5.78. The van der Waals surface area contributed by atoms with Crippen molar-refractivity contribution in [3.63, 3.8) is 0 Å². The van der Waals surface area contributed by atoms with Crippen LogP contribution in [-0.4, -0.2) is 41.0 Å². The molecule has 4 atom stereocenters. The lowest BCUT2D eigenvalue weighted by Crippen LogP contribution is -2.37. The first-order valence-electron chi connectivity index (χ1n) is 9.02. The van der Waals surface area contributed by atoms with Crippen molar-refractivity contribution in [3.05, 3.63) is 53.9 Å². The minimum atomic E-state index is 0.280. The number of ether oxygens (including phenoxy) is 1. The van der Waals surface area contributed by atoms with E-state index in [9.17, 15) is 0 Å². The van der Waals surface area contributed by atoms with Gasteiger partial charge in [0.25, 0.3) is 0 Å². The lowest BCUT2D eigenvalue weighted by Gasteiger charge is -2.37. The first kappa shape index (κ1) is 15.9. The maximum Gasteiger partial charge on any atom is 0.0798 e. The van der Waals surface area contributed by atoms with Gasteiger partial charge in [-0.3, -0.25) is 9.58 Å². The molecule has 4 heteroatoms. The number of hydrogen-bond acceptors (Lipinski definition) is 3. The van der Waals surface area contributed by atoms with Crippen molar-refractivity contribution >= 4 is 0 Å².